The summed E-state index contributed by atoms with van der Waals surface area (Å²) in [7, 11) is 3.00. The Bertz CT molecular complexity index is 2040. The number of ether oxygens (including phenoxy) is 4. The molecule has 2 aromatic heterocycles. The van der Waals surface area contributed by atoms with E-state index in [1.54, 1.807) is 13.3 Å². The molecule has 0 spiro atoms. The predicted octanol–water partition coefficient (Wildman–Crippen LogP) is 5.55. The maximum atomic E-state index is 14.1. The molecular formula is C44H58N6O8. The van der Waals surface area contributed by atoms with Gasteiger partial charge in [-0.05, 0) is 80.0 Å². The number of anilines is 1. The molecule has 2 aromatic carbocycles. The van der Waals surface area contributed by atoms with Crippen molar-refractivity contribution in [3.63, 3.8) is 0 Å². The number of amides is 2. The van der Waals surface area contributed by atoms with Crippen molar-refractivity contribution in [1.82, 2.24) is 25.3 Å². The van der Waals surface area contributed by atoms with Crippen molar-refractivity contribution in [1.29, 1.82) is 0 Å². The standard InChI is InChI=1S/C44H58N6O8/c1-7-49-38-18-17-31(23-34(38)35(25-44(3,4)28-51)40(49)33-15-11-19-45-39(33)29(2)55-5)48-21-22-57-32(26-48)24-37(46-43(54)58-27-30-13-9-8-10-14-30)41(52)50-20-12-16-36(47-50)42(53)56-6/h8-11,13-15,17-19,23,29,32,36-37,47,51H,7,12,16,20-22,24-28H2,1-6H3,(H,46,54)/t29-,32?,36?,37?/m0/s1. The van der Waals surface area contributed by atoms with E-state index in [0.717, 1.165) is 51.2 Å². The lowest BCUT2D eigenvalue weighted by atomic mass is 9.84. The molecule has 14 heteroatoms. The molecule has 312 valence electrons. The highest BCUT2D eigenvalue weighted by Gasteiger charge is 2.36. The monoisotopic (exact) mass is 798 g/mol. The van der Waals surface area contributed by atoms with Crippen LogP contribution in [0.4, 0.5) is 10.5 Å². The maximum Gasteiger partial charge on any atom is 0.408 e. The van der Waals surface area contributed by atoms with E-state index in [4.69, 9.17) is 23.9 Å². The minimum atomic E-state index is -1.00. The van der Waals surface area contributed by atoms with Crippen molar-refractivity contribution >= 4 is 34.6 Å². The topological polar surface area (TPSA) is 157 Å². The lowest BCUT2D eigenvalue weighted by molar-refractivity contribution is -0.150. The summed E-state index contributed by atoms with van der Waals surface area (Å²) in [6.07, 6.45) is 2.33. The largest absolute Gasteiger partial charge is 0.468 e. The first-order valence-corrected chi connectivity index (χ1v) is 20.2. The van der Waals surface area contributed by atoms with Crippen LogP contribution in [0.15, 0.2) is 66.9 Å². The number of methoxy groups -OCH3 is 2. The molecule has 2 aliphatic heterocycles. The number of esters is 1. The number of fused-ring (bicyclic) bond motifs is 1. The molecule has 2 saturated heterocycles. The number of nitrogens with zero attached hydrogens (tertiary/aromatic N) is 4. The third-order valence-corrected chi connectivity index (χ3v) is 11.1. The molecule has 4 atom stereocenters. The van der Waals surface area contributed by atoms with E-state index in [1.165, 1.54) is 12.1 Å². The van der Waals surface area contributed by atoms with Gasteiger partial charge in [-0.25, -0.2) is 10.2 Å². The Morgan fingerprint density at radius 2 is 1.88 bits per heavy atom. The van der Waals surface area contributed by atoms with Gasteiger partial charge in [0, 0.05) is 74.7 Å². The number of aliphatic hydroxyl groups excluding tert-OH is 1. The summed E-state index contributed by atoms with van der Waals surface area (Å²) < 4.78 is 24.8. The van der Waals surface area contributed by atoms with E-state index in [-0.39, 0.29) is 25.7 Å². The summed E-state index contributed by atoms with van der Waals surface area (Å²) in [5.41, 5.74) is 9.55. The fourth-order valence-electron chi connectivity index (χ4n) is 7.95. The van der Waals surface area contributed by atoms with Gasteiger partial charge in [-0.1, -0.05) is 44.2 Å². The molecule has 58 heavy (non-hydrogen) atoms. The van der Waals surface area contributed by atoms with Crippen LogP contribution < -0.4 is 15.6 Å². The predicted molar refractivity (Wildman–Crippen MR) is 221 cm³/mol. The van der Waals surface area contributed by atoms with Crippen molar-refractivity contribution in [2.75, 3.05) is 52.0 Å². The zero-order valence-corrected chi connectivity index (χ0v) is 34.5. The molecule has 6 rings (SSSR count). The minimum absolute atomic E-state index is 0.0223. The summed E-state index contributed by atoms with van der Waals surface area (Å²) in [5.74, 6) is -0.850. The molecule has 3 unspecified atom stereocenters. The normalized spacial score (nSPS) is 18.5. The average Bonchev–Trinajstić information content (AvgIpc) is 3.56. The van der Waals surface area contributed by atoms with Gasteiger partial charge in [0.15, 0.2) is 0 Å². The fourth-order valence-corrected chi connectivity index (χ4v) is 7.95. The van der Waals surface area contributed by atoms with Crippen LogP contribution in [0.2, 0.25) is 0 Å². The van der Waals surface area contributed by atoms with E-state index in [1.807, 2.05) is 43.3 Å². The van der Waals surface area contributed by atoms with Crippen molar-refractivity contribution < 1.29 is 38.4 Å². The first-order valence-electron chi connectivity index (χ1n) is 20.2. The number of alkyl carbamates (subject to hydrolysis) is 1. The zero-order chi connectivity index (χ0) is 41.4. The second-order valence-electron chi connectivity index (χ2n) is 15.9. The third-order valence-electron chi connectivity index (χ3n) is 11.1. The van der Waals surface area contributed by atoms with Gasteiger partial charge in [0.2, 0.25) is 0 Å². The van der Waals surface area contributed by atoms with Crippen molar-refractivity contribution in [3.05, 3.63) is 83.7 Å². The highest BCUT2D eigenvalue weighted by molar-refractivity contribution is 5.94. The van der Waals surface area contributed by atoms with Gasteiger partial charge >= 0.3 is 12.1 Å². The Morgan fingerprint density at radius 3 is 2.60 bits per heavy atom. The van der Waals surface area contributed by atoms with E-state index in [2.05, 4.69) is 65.2 Å². The number of benzene rings is 2. The van der Waals surface area contributed by atoms with E-state index in [0.29, 0.717) is 45.5 Å². The Hall–Kier alpha value is -5.02. The lowest BCUT2D eigenvalue weighted by Crippen LogP contribution is -2.60. The van der Waals surface area contributed by atoms with Crippen molar-refractivity contribution in [2.24, 2.45) is 5.41 Å². The molecule has 3 N–H and O–H groups in total. The molecule has 0 radical (unpaired) electrons. The van der Waals surface area contributed by atoms with Crippen LogP contribution in [0.1, 0.15) is 69.9 Å². The molecule has 0 saturated carbocycles. The van der Waals surface area contributed by atoms with Crippen LogP contribution in [0.5, 0.6) is 0 Å². The Balaban J connectivity index is 1.29. The SMILES string of the molecule is CCn1c(-c2cccnc2[C@H](C)OC)c(CC(C)(C)CO)c2cc(N3CCOC(CC(NC(=O)OCc4ccccc4)C(=O)N4CCCC(C(=O)OC)N4)C3)ccc21. The quantitative estimate of drug-likeness (QED) is 0.130. The van der Waals surface area contributed by atoms with Crippen LogP contribution in [0.3, 0.4) is 0 Å². The Morgan fingerprint density at radius 1 is 1.09 bits per heavy atom. The molecule has 2 fully saturated rings. The van der Waals surface area contributed by atoms with E-state index < -0.39 is 41.6 Å². The molecule has 14 nitrogen and oxygen atoms in total. The molecule has 2 amide bonds. The summed E-state index contributed by atoms with van der Waals surface area (Å²) >= 11 is 0. The van der Waals surface area contributed by atoms with Gasteiger partial charge in [-0.2, -0.15) is 0 Å². The summed E-state index contributed by atoms with van der Waals surface area (Å²) in [5, 5.41) is 15.7. The number of aryl methyl sites for hydroxylation is 1. The lowest BCUT2D eigenvalue weighted by Gasteiger charge is -2.38. The number of carbonyl (C=O) groups is 3. The van der Waals surface area contributed by atoms with Crippen molar-refractivity contribution in [2.45, 2.75) is 90.8 Å². The van der Waals surface area contributed by atoms with Crippen LogP contribution >= 0.6 is 0 Å². The number of morpholine rings is 1. The van der Waals surface area contributed by atoms with Crippen LogP contribution in [0, 0.1) is 5.41 Å². The maximum absolute atomic E-state index is 14.1. The molecule has 0 aliphatic carbocycles. The van der Waals surface area contributed by atoms with E-state index in [9.17, 15) is 19.5 Å². The average molecular weight is 799 g/mol. The molecule has 2 aliphatic rings. The number of rotatable bonds is 15. The van der Waals surface area contributed by atoms with Gasteiger partial charge in [0.05, 0.1) is 37.3 Å². The van der Waals surface area contributed by atoms with Crippen LogP contribution in [0.25, 0.3) is 22.2 Å². The van der Waals surface area contributed by atoms with Gasteiger partial charge in [-0.15, -0.1) is 0 Å². The number of carbonyl (C=O) groups excluding carboxylic acids is 3. The van der Waals surface area contributed by atoms with Gasteiger partial charge in [0.25, 0.3) is 5.91 Å². The molecule has 4 aromatic rings. The number of pyridine rings is 1. The second-order valence-corrected chi connectivity index (χ2v) is 15.9. The number of aliphatic hydroxyl groups is 1. The number of hydrazine groups is 1. The Labute approximate surface area is 340 Å². The fraction of sp³-hybridized carbons (Fsp3) is 0.500. The smallest absolute Gasteiger partial charge is 0.408 e. The highest BCUT2D eigenvalue weighted by atomic mass is 16.5. The van der Waals surface area contributed by atoms with Gasteiger partial charge in [0.1, 0.15) is 18.7 Å². The van der Waals surface area contributed by atoms with Crippen LogP contribution in [-0.4, -0.2) is 103 Å². The summed E-state index contributed by atoms with van der Waals surface area (Å²) in [4.78, 5) is 46.7. The number of aromatic nitrogens is 2. The van der Waals surface area contributed by atoms with Gasteiger partial charge in [-0.3, -0.25) is 19.6 Å². The first-order chi connectivity index (χ1) is 28.0. The van der Waals surface area contributed by atoms with Crippen molar-refractivity contribution in [3.8, 4) is 11.3 Å². The minimum Gasteiger partial charge on any atom is -0.468 e. The van der Waals surface area contributed by atoms with E-state index >= 15 is 0 Å². The second kappa shape index (κ2) is 19.2. The molecular weight excluding hydrogens is 741 g/mol. The third kappa shape index (κ3) is 9.80. The zero-order valence-electron chi connectivity index (χ0n) is 34.5. The summed E-state index contributed by atoms with van der Waals surface area (Å²) in [6.45, 7) is 10.9. The first kappa shape index (κ1) is 42.6. The summed E-state index contributed by atoms with van der Waals surface area (Å²) in [6, 6.07) is 18.2. The number of nitrogens with one attached hydrogen (secondary N) is 2. The molecule has 4 heterocycles. The van der Waals surface area contributed by atoms with Gasteiger partial charge < -0.3 is 38.8 Å². The number of hydrogen-bond donors (Lipinski definition) is 3. The Kier molecular flexibility index (Phi) is 14.1. The molecule has 0 bridgehead atoms. The number of hydrogen-bond acceptors (Lipinski definition) is 11. The van der Waals surface area contributed by atoms with Crippen LogP contribution in [-0.2, 0) is 48.1 Å². The highest BCUT2D eigenvalue weighted by Crippen LogP contribution is 2.41.